The minimum absolute atomic E-state index is 0.304. The van der Waals surface area contributed by atoms with Gasteiger partial charge in [0.25, 0.3) is 5.91 Å². The van der Waals surface area contributed by atoms with E-state index in [0.29, 0.717) is 29.5 Å². The normalized spacial score (nSPS) is 10.8. The Bertz CT molecular complexity index is 873. The molecule has 0 aliphatic rings. The number of halogens is 2. The van der Waals surface area contributed by atoms with Crippen molar-refractivity contribution in [2.45, 2.75) is 20.0 Å². The molecule has 0 atom stereocenters. The highest BCUT2D eigenvalue weighted by Crippen LogP contribution is 2.19. The van der Waals surface area contributed by atoms with Crippen molar-refractivity contribution in [2.75, 3.05) is 5.32 Å². The predicted molar refractivity (Wildman–Crippen MR) is 88.6 cm³/mol. The second-order valence-electron chi connectivity index (χ2n) is 5.17. The summed E-state index contributed by atoms with van der Waals surface area (Å²) >= 11 is 6.01. The minimum atomic E-state index is -0.385. The molecule has 0 saturated carbocycles. The van der Waals surface area contributed by atoms with E-state index in [9.17, 15) is 9.18 Å². The van der Waals surface area contributed by atoms with Crippen LogP contribution in [0.5, 0.6) is 0 Å². The second-order valence-corrected chi connectivity index (χ2v) is 5.58. The Labute approximate surface area is 142 Å². The van der Waals surface area contributed by atoms with Crippen LogP contribution in [0.4, 0.5) is 10.1 Å². The molecule has 1 amide bonds. The fourth-order valence-corrected chi connectivity index (χ4v) is 2.42. The number of amides is 1. The molecular formula is C16H15ClFN5O. The molecule has 0 aliphatic heterocycles. The molecule has 0 bridgehead atoms. The van der Waals surface area contributed by atoms with Gasteiger partial charge in [-0.25, -0.2) is 4.39 Å². The number of hydrogen-bond donors (Lipinski definition) is 1. The first-order valence-corrected chi connectivity index (χ1v) is 7.74. The van der Waals surface area contributed by atoms with E-state index in [0.717, 1.165) is 5.56 Å². The van der Waals surface area contributed by atoms with E-state index in [1.54, 1.807) is 33.9 Å². The number of carbonyl (C=O) groups is 1. The summed E-state index contributed by atoms with van der Waals surface area (Å²) < 4.78 is 16.3. The van der Waals surface area contributed by atoms with Crippen LogP contribution in [0.2, 0.25) is 5.02 Å². The van der Waals surface area contributed by atoms with Crippen molar-refractivity contribution in [1.29, 1.82) is 0 Å². The van der Waals surface area contributed by atoms with E-state index in [-0.39, 0.29) is 11.7 Å². The fourth-order valence-electron chi connectivity index (χ4n) is 2.19. The molecule has 124 valence electrons. The number of rotatable bonds is 5. The Balaban J connectivity index is 1.68. The van der Waals surface area contributed by atoms with Gasteiger partial charge in [-0.1, -0.05) is 17.7 Å². The van der Waals surface area contributed by atoms with E-state index < -0.39 is 0 Å². The standard InChI is InChI=1S/C16H15ClFN5O/c1-2-22-6-5-15(21-22)16(24)20-13-8-19-23(10-13)9-11-3-4-12(18)7-14(11)17/h3-8,10H,2,9H2,1H3,(H,20,24). The lowest BCUT2D eigenvalue weighted by Gasteiger charge is -2.04. The van der Waals surface area contributed by atoms with Gasteiger partial charge in [0.1, 0.15) is 5.82 Å². The molecule has 0 unspecified atom stereocenters. The van der Waals surface area contributed by atoms with Crippen molar-refractivity contribution in [3.8, 4) is 0 Å². The third-order valence-corrected chi connectivity index (χ3v) is 3.79. The third kappa shape index (κ3) is 3.62. The first-order valence-electron chi connectivity index (χ1n) is 7.36. The van der Waals surface area contributed by atoms with Crippen LogP contribution in [0.3, 0.4) is 0 Å². The SMILES string of the molecule is CCn1ccc(C(=O)Nc2cnn(Cc3ccc(F)cc3Cl)c2)n1. The van der Waals surface area contributed by atoms with Crippen LogP contribution in [0.25, 0.3) is 0 Å². The van der Waals surface area contributed by atoms with Crippen molar-refractivity contribution < 1.29 is 9.18 Å². The molecule has 2 aromatic heterocycles. The van der Waals surface area contributed by atoms with Crippen LogP contribution in [0.15, 0.2) is 42.9 Å². The molecule has 8 heteroatoms. The summed E-state index contributed by atoms with van der Waals surface area (Å²) in [4.78, 5) is 12.1. The third-order valence-electron chi connectivity index (χ3n) is 3.44. The summed E-state index contributed by atoms with van der Waals surface area (Å²) in [7, 11) is 0. The zero-order chi connectivity index (χ0) is 17.1. The number of benzene rings is 1. The topological polar surface area (TPSA) is 64.7 Å². The maximum absolute atomic E-state index is 13.1. The molecular weight excluding hydrogens is 333 g/mol. The Morgan fingerprint density at radius 3 is 2.88 bits per heavy atom. The Morgan fingerprint density at radius 1 is 1.33 bits per heavy atom. The van der Waals surface area contributed by atoms with Gasteiger partial charge in [0.05, 0.1) is 18.4 Å². The largest absolute Gasteiger partial charge is 0.318 e. The Kier molecular flexibility index (Phi) is 4.61. The molecule has 1 N–H and O–H groups in total. The van der Waals surface area contributed by atoms with E-state index in [4.69, 9.17) is 11.6 Å². The summed E-state index contributed by atoms with van der Waals surface area (Å²) in [6, 6.07) is 5.86. The molecule has 1 aromatic carbocycles. The summed E-state index contributed by atoms with van der Waals surface area (Å²) in [6.07, 6.45) is 4.95. The maximum atomic E-state index is 13.1. The summed E-state index contributed by atoms with van der Waals surface area (Å²) in [5.41, 5.74) is 1.62. The van der Waals surface area contributed by atoms with Crippen LogP contribution < -0.4 is 5.32 Å². The Morgan fingerprint density at radius 2 is 2.17 bits per heavy atom. The number of anilines is 1. The second kappa shape index (κ2) is 6.84. The first-order chi connectivity index (χ1) is 11.5. The summed E-state index contributed by atoms with van der Waals surface area (Å²) in [6.45, 7) is 3.02. The van der Waals surface area contributed by atoms with Gasteiger partial charge in [0.2, 0.25) is 0 Å². The highest BCUT2D eigenvalue weighted by atomic mass is 35.5. The van der Waals surface area contributed by atoms with Gasteiger partial charge < -0.3 is 5.32 Å². The molecule has 0 radical (unpaired) electrons. The molecule has 0 aliphatic carbocycles. The number of carbonyl (C=O) groups excluding carboxylic acids is 1. The molecule has 3 rings (SSSR count). The highest BCUT2D eigenvalue weighted by Gasteiger charge is 2.11. The molecule has 0 saturated heterocycles. The fraction of sp³-hybridized carbons (Fsp3) is 0.188. The van der Waals surface area contributed by atoms with Crippen molar-refractivity contribution in [2.24, 2.45) is 0 Å². The first kappa shape index (κ1) is 16.2. The quantitative estimate of drug-likeness (QED) is 0.770. The smallest absolute Gasteiger partial charge is 0.276 e. The lowest BCUT2D eigenvalue weighted by Crippen LogP contribution is -2.13. The maximum Gasteiger partial charge on any atom is 0.276 e. The molecule has 2 heterocycles. The molecule has 0 fully saturated rings. The van der Waals surface area contributed by atoms with Crippen LogP contribution in [-0.2, 0) is 13.1 Å². The van der Waals surface area contributed by atoms with Gasteiger partial charge in [-0.05, 0) is 30.7 Å². The zero-order valence-corrected chi connectivity index (χ0v) is 13.7. The summed E-state index contributed by atoms with van der Waals surface area (Å²) in [5.74, 6) is -0.690. The van der Waals surface area contributed by atoms with Crippen molar-refractivity contribution in [3.63, 3.8) is 0 Å². The van der Waals surface area contributed by atoms with Crippen molar-refractivity contribution in [3.05, 3.63) is 65.0 Å². The van der Waals surface area contributed by atoms with Crippen molar-refractivity contribution in [1.82, 2.24) is 19.6 Å². The van der Waals surface area contributed by atoms with Gasteiger partial charge in [0.15, 0.2) is 5.69 Å². The van der Waals surface area contributed by atoms with E-state index >= 15 is 0 Å². The van der Waals surface area contributed by atoms with Crippen molar-refractivity contribution >= 4 is 23.2 Å². The van der Waals surface area contributed by atoms with E-state index in [1.165, 1.54) is 18.3 Å². The van der Waals surface area contributed by atoms with Crippen LogP contribution in [0, 0.1) is 5.82 Å². The average molecular weight is 348 g/mol. The molecule has 6 nitrogen and oxygen atoms in total. The molecule has 0 spiro atoms. The minimum Gasteiger partial charge on any atom is -0.318 e. The summed E-state index contributed by atoms with van der Waals surface area (Å²) in [5, 5.41) is 11.4. The van der Waals surface area contributed by atoms with Gasteiger partial charge in [-0.3, -0.25) is 14.2 Å². The number of nitrogens with zero attached hydrogens (tertiary/aromatic N) is 4. The molecule has 3 aromatic rings. The molecule has 24 heavy (non-hydrogen) atoms. The highest BCUT2D eigenvalue weighted by molar-refractivity contribution is 6.31. The lowest BCUT2D eigenvalue weighted by molar-refractivity contribution is 0.102. The van der Waals surface area contributed by atoms with Crippen LogP contribution >= 0.6 is 11.6 Å². The number of aryl methyl sites for hydroxylation is 1. The van der Waals surface area contributed by atoms with E-state index in [2.05, 4.69) is 15.5 Å². The van der Waals surface area contributed by atoms with Gasteiger partial charge in [0, 0.05) is 24.0 Å². The zero-order valence-electron chi connectivity index (χ0n) is 12.9. The number of aromatic nitrogens is 4. The van der Waals surface area contributed by atoms with Gasteiger partial charge in [-0.15, -0.1) is 0 Å². The number of nitrogens with one attached hydrogen (secondary N) is 1. The van der Waals surface area contributed by atoms with Crippen LogP contribution in [-0.4, -0.2) is 25.5 Å². The predicted octanol–water partition coefficient (Wildman–Crippen LogP) is 3.19. The Hall–Kier alpha value is -2.67. The average Bonchev–Trinajstić information content (AvgIpc) is 3.19. The monoisotopic (exact) mass is 347 g/mol. The number of hydrogen-bond acceptors (Lipinski definition) is 3. The van der Waals surface area contributed by atoms with Gasteiger partial charge in [-0.2, -0.15) is 10.2 Å². The van der Waals surface area contributed by atoms with E-state index in [1.807, 2.05) is 6.92 Å². The van der Waals surface area contributed by atoms with Crippen LogP contribution in [0.1, 0.15) is 23.0 Å². The lowest BCUT2D eigenvalue weighted by atomic mass is 10.2. The van der Waals surface area contributed by atoms with Gasteiger partial charge >= 0.3 is 0 Å².